The van der Waals surface area contributed by atoms with Gasteiger partial charge in [0.25, 0.3) is 0 Å². The second-order valence-electron chi connectivity index (χ2n) is 5.32. The van der Waals surface area contributed by atoms with Crippen LogP contribution in [0.15, 0.2) is 48.5 Å². The van der Waals surface area contributed by atoms with Crippen molar-refractivity contribution in [3.05, 3.63) is 65.4 Å². The highest BCUT2D eigenvalue weighted by atomic mass is 16.5. The average Bonchev–Trinajstić information content (AvgIpc) is 2.61. The molecule has 1 N–H and O–H groups in total. The first-order valence-corrected chi connectivity index (χ1v) is 7.41. The molecule has 120 valence electrons. The molecule has 0 radical (unpaired) electrons. The molecular weight excluding hydrogens is 304 g/mol. The standard InChI is InChI=1S/C19H16N2O3/c1-12-14-5-3-4-6-15(14)20-21-19(12)17(23)10-8-13-7-9-16(22)18(11-13)24-2/h3-11,22H,1-2H3/b10-8+. The topological polar surface area (TPSA) is 72.3 Å². The Morgan fingerprint density at radius 1 is 1.17 bits per heavy atom. The molecule has 0 saturated carbocycles. The number of carbonyl (C=O) groups excluding carboxylic acids is 1. The summed E-state index contributed by atoms with van der Waals surface area (Å²) >= 11 is 0. The molecule has 0 aliphatic carbocycles. The minimum atomic E-state index is -0.224. The van der Waals surface area contributed by atoms with Crippen molar-refractivity contribution in [2.75, 3.05) is 7.11 Å². The van der Waals surface area contributed by atoms with E-state index in [9.17, 15) is 9.90 Å². The number of hydrogen-bond donors (Lipinski definition) is 1. The van der Waals surface area contributed by atoms with E-state index in [4.69, 9.17) is 4.74 Å². The highest BCUT2D eigenvalue weighted by Gasteiger charge is 2.12. The molecule has 0 spiro atoms. The highest BCUT2D eigenvalue weighted by Crippen LogP contribution is 2.27. The molecule has 1 aromatic heterocycles. The smallest absolute Gasteiger partial charge is 0.206 e. The van der Waals surface area contributed by atoms with E-state index in [-0.39, 0.29) is 11.5 Å². The van der Waals surface area contributed by atoms with Crippen molar-refractivity contribution in [2.45, 2.75) is 6.92 Å². The fraction of sp³-hybridized carbons (Fsp3) is 0.105. The van der Waals surface area contributed by atoms with E-state index in [0.29, 0.717) is 11.4 Å². The maximum absolute atomic E-state index is 12.4. The average molecular weight is 320 g/mol. The molecule has 3 aromatic rings. The van der Waals surface area contributed by atoms with Gasteiger partial charge in [0, 0.05) is 5.39 Å². The third-order valence-corrected chi connectivity index (χ3v) is 3.79. The highest BCUT2D eigenvalue weighted by molar-refractivity contribution is 6.08. The van der Waals surface area contributed by atoms with Crippen LogP contribution in [0.1, 0.15) is 21.6 Å². The minimum absolute atomic E-state index is 0.0530. The van der Waals surface area contributed by atoms with Crippen LogP contribution in [-0.4, -0.2) is 28.2 Å². The Morgan fingerprint density at radius 3 is 2.75 bits per heavy atom. The van der Waals surface area contributed by atoms with Crippen molar-refractivity contribution in [3.63, 3.8) is 0 Å². The van der Waals surface area contributed by atoms with Crippen LogP contribution in [-0.2, 0) is 0 Å². The number of ketones is 1. The first-order chi connectivity index (χ1) is 11.6. The van der Waals surface area contributed by atoms with Crippen molar-refractivity contribution in [1.82, 2.24) is 10.2 Å². The van der Waals surface area contributed by atoms with Crippen LogP contribution in [0.5, 0.6) is 11.5 Å². The molecule has 0 aliphatic rings. The number of ether oxygens (including phenoxy) is 1. The number of benzene rings is 2. The third-order valence-electron chi connectivity index (χ3n) is 3.79. The summed E-state index contributed by atoms with van der Waals surface area (Å²) in [4.78, 5) is 12.4. The molecule has 1 heterocycles. The first-order valence-electron chi connectivity index (χ1n) is 7.41. The van der Waals surface area contributed by atoms with E-state index in [0.717, 1.165) is 22.0 Å². The SMILES string of the molecule is COc1cc(/C=C/C(=O)c2nnc3ccccc3c2C)ccc1O. The number of aryl methyl sites for hydroxylation is 1. The molecule has 0 bridgehead atoms. The van der Waals surface area contributed by atoms with Crippen LogP contribution in [0.3, 0.4) is 0 Å². The molecule has 3 rings (SSSR count). The van der Waals surface area contributed by atoms with Crippen molar-refractivity contribution >= 4 is 22.8 Å². The van der Waals surface area contributed by atoms with Gasteiger partial charge in [-0.1, -0.05) is 30.3 Å². The Hall–Kier alpha value is -3.21. The van der Waals surface area contributed by atoms with Crippen molar-refractivity contribution in [1.29, 1.82) is 0 Å². The van der Waals surface area contributed by atoms with Gasteiger partial charge in [-0.2, -0.15) is 0 Å². The van der Waals surface area contributed by atoms with Crippen LogP contribution in [0, 0.1) is 6.92 Å². The van der Waals surface area contributed by atoms with Crippen LogP contribution in [0.4, 0.5) is 0 Å². The number of nitrogens with zero attached hydrogens (tertiary/aromatic N) is 2. The summed E-state index contributed by atoms with van der Waals surface area (Å²) in [5.41, 5.74) is 2.64. The van der Waals surface area contributed by atoms with Crippen molar-refractivity contribution in [2.24, 2.45) is 0 Å². The van der Waals surface area contributed by atoms with Crippen LogP contribution < -0.4 is 4.74 Å². The number of rotatable bonds is 4. The predicted molar refractivity (Wildman–Crippen MR) is 92.3 cm³/mol. The number of phenols is 1. The molecule has 24 heavy (non-hydrogen) atoms. The van der Waals surface area contributed by atoms with E-state index in [1.165, 1.54) is 19.3 Å². The number of methoxy groups -OCH3 is 1. The van der Waals surface area contributed by atoms with E-state index < -0.39 is 0 Å². The molecule has 5 nitrogen and oxygen atoms in total. The van der Waals surface area contributed by atoms with E-state index in [2.05, 4.69) is 10.2 Å². The van der Waals surface area contributed by atoms with Crippen LogP contribution in [0.25, 0.3) is 17.0 Å². The van der Waals surface area contributed by atoms with Gasteiger partial charge in [0.2, 0.25) is 5.78 Å². The lowest BCUT2D eigenvalue weighted by molar-refractivity contribution is 0.104. The monoisotopic (exact) mass is 320 g/mol. The number of fused-ring (bicyclic) bond motifs is 1. The number of hydrogen-bond acceptors (Lipinski definition) is 5. The van der Waals surface area contributed by atoms with Crippen LogP contribution >= 0.6 is 0 Å². The van der Waals surface area contributed by atoms with Gasteiger partial charge in [-0.25, -0.2) is 0 Å². The molecule has 0 aliphatic heterocycles. The normalized spacial score (nSPS) is 11.1. The summed E-state index contributed by atoms with van der Waals surface area (Å²) in [6.07, 6.45) is 3.10. The lowest BCUT2D eigenvalue weighted by Crippen LogP contribution is -2.04. The zero-order valence-electron chi connectivity index (χ0n) is 13.4. The number of phenolic OH excluding ortho intramolecular Hbond substituents is 1. The zero-order valence-corrected chi connectivity index (χ0v) is 13.4. The van der Waals surface area contributed by atoms with E-state index in [1.54, 1.807) is 18.2 Å². The Morgan fingerprint density at radius 2 is 1.96 bits per heavy atom. The quantitative estimate of drug-likeness (QED) is 0.588. The molecule has 0 unspecified atom stereocenters. The molecule has 2 aromatic carbocycles. The van der Waals surface area contributed by atoms with Gasteiger partial charge in [0.15, 0.2) is 11.5 Å². The summed E-state index contributed by atoms with van der Waals surface area (Å²) in [5, 5.41) is 18.7. The Bertz CT molecular complexity index is 948. The summed E-state index contributed by atoms with van der Waals surface area (Å²) in [7, 11) is 1.47. The Kier molecular flexibility index (Phi) is 4.24. The van der Waals surface area contributed by atoms with Gasteiger partial charge >= 0.3 is 0 Å². The van der Waals surface area contributed by atoms with E-state index in [1.807, 2.05) is 31.2 Å². The number of aromatic nitrogens is 2. The number of allylic oxidation sites excluding steroid dienone is 1. The summed E-state index contributed by atoms with van der Waals surface area (Å²) in [6, 6.07) is 12.4. The molecule has 0 saturated heterocycles. The lowest BCUT2D eigenvalue weighted by atomic mass is 10.1. The molecule has 5 heteroatoms. The van der Waals surface area contributed by atoms with Gasteiger partial charge in [0.1, 0.15) is 5.69 Å². The number of carbonyl (C=O) groups is 1. The molecule has 0 atom stereocenters. The van der Waals surface area contributed by atoms with Gasteiger partial charge in [-0.15, -0.1) is 10.2 Å². The molecule has 0 fully saturated rings. The number of aromatic hydroxyl groups is 1. The fourth-order valence-electron chi connectivity index (χ4n) is 2.47. The van der Waals surface area contributed by atoms with Crippen LogP contribution in [0.2, 0.25) is 0 Å². The molecule has 0 amide bonds. The second-order valence-corrected chi connectivity index (χ2v) is 5.32. The Balaban J connectivity index is 1.91. The van der Waals surface area contributed by atoms with E-state index >= 15 is 0 Å². The predicted octanol–water partition coefficient (Wildman–Crippen LogP) is 3.55. The minimum Gasteiger partial charge on any atom is -0.504 e. The Labute approximate surface area is 139 Å². The summed E-state index contributed by atoms with van der Waals surface area (Å²) < 4.78 is 5.05. The van der Waals surface area contributed by atoms with Gasteiger partial charge in [-0.3, -0.25) is 4.79 Å². The maximum atomic E-state index is 12.4. The lowest BCUT2D eigenvalue weighted by Gasteiger charge is -2.05. The van der Waals surface area contributed by atoms with Gasteiger partial charge < -0.3 is 9.84 Å². The summed E-state index contributed by atoms with van der Waals surface area (Å²) in [5.74, 6) is 0.182. The second kappa shape index (κ2) is 6.50. The first kappa shape index (κ1) is 15.7. The third kappa shape index (κ3) is 2.96. The van der Waals surface area contributed by atoms with Crippen molar-refractivity contribution < 1.29 is 14.6 Å². The largest absolute Gasteiger partial charge is 0.504 e. The maximum Gasteiger partial charge on any atom is 0.206 e. The van der Waals surface area contributed by atoms with Gasteiger partial charge in [-0.05, 0) is 42.3 Å². The van der Waals surface area contributed by atoms with Gasteiger partial charge in [0.05, 0.1) is 12.6 Å². The zero-order chi connectivity index (χ0) is 17.1. The fourth-order valence-corrected chi connectivity index (χ4v) is 2.47. The molecular formula is C19H16N2O3. The summed E-state index contributed by atoms with van der Waals surface area (Å²) in [6.45, 7) is 1.86. The van der Waals surface area contributed by atoms with Crippen molar-refractivity contribution in [3.8, 4) is 11.5 Å².